The number of ether oxygens (including phenoxy) is 1. The number of nitrogens with one attached hydrogen (secondary N) is 5. The van der Waals surface area contributed by atoms with Gasteiger partial charge in [-0.05, 0) is 75.1 Å². The fourth-order valence-electron chi connectivity index (χ4n) is 5.48. The molecule has 1 aromatic carbocycles. The quantitative estimate of drug-likeness (QED) is 0.0426. The number of aromatic nitrogens is 2. The molecule has 3 rings (SSSR count). The van der Waals surface area contributed by atoms with Crippen molar-refractivity contribution in [3.63, 3.8) is 0 Å². The normalized spacial score (nSPS) is 11.7. The third kappa shape index (κ3) is 14.1. The van der Waals surface area contributed by atoms with Crippen LogP contribution in [0.25, 0.3) is 0 Å². The first kappa shape index (κ1) is 43.5. The number of hydrogen-bond donors (Lipinski definition) is 5. The topological polar surface area (TPSA) is 198 Å². The van der Waals surface area contributed by atoms with Crippen molar-refractivity contribution in [2.45, 2.75) is 86.0 Å². The van der Waals surface area contributed by atoms with Crippen LogP contribution in [0.15, 0.2) is 66.7 Å². The number of rotatable bonds is 21. The van der Waals surface area contributed by atoms with Crippen LogP contribution in [0.1, 0.15) is 117 Å². The third-order valence-corrected chi connectivity index (χ3v) is 8.71. The number of carbonyl (C=O) groups is 6. The average Bonchev–Trinajstić information content (AvgIpc) is 3.16. The van der Waals surface area contributed by atoms with Gasteiger partial charge in [0.1, 0.15) is 29.9 Å². The molecule has 2 aromatic heterocycles. The average molecular weight is 756 g/mol. The van der Waals surface area contributed by atoms with E-state index in [-0.39, 0.29) is 82.3 Å². The molecule has 14 heteroatoms. The van der Waals surface area contributed by atoms with Gasteiger partial charge in [-0.3, -0.25) is 24.0 Å². The first-order valence-electron chi connectivity index (χ1n) is 18.8. The fourth-order valence-corrected chi connectivity index (χ4v) is 5.48. The van der Waals surface area contributed by atoms with Crippen molar-refractivity contribution in [3.8, 4) is 0 Å². The summed E-state index contributed by atoms with van der Waals surface area (Å²) in [7, 11) is 0. The van der Waals surface area contributed by atoms with Crippen molar-refractivity contribution in [3.05, 3.63) is 83.4 Å². The molecule has 2 unspecified atom stereocenters. The zero-order valence-electron chi connectivity index (χ0n) is 32.4. The number of carbonyl (C=O) groups excluding carboxylic acids is 6. The molecule has 0 spiro atoms. The maximum atomic E-state index is 13.6. The number of hydrogen-bond acceptors (Lipinski definition) is 9. The maximum Gasteiger partial charge on any atom is 0.333 e. The summed E-state index contributed by atoms with van der Waals surface area (Å²) in [6, 6.07) is 13.5. The Bertz CT molecular complexity index is 1740. The lowest BCUT2D eigenvalue weighted by Gasteiger charge is -2.15. The van der Waals surface area contributed by atoms with Crippen LogP contribution in [0.2, 0.25) is 0 Å². The Morgan fingerprint density at radius 3 is 1.42 bits per heavy atom. The number of anilines is 4. The number of unbranched alkanes of at least 4 members (excludes halogenated alkanes) is 2. The summed E-state index contributed by atoms with van der Waals surface area (Å²) in [5, 5.41) is 13.6. The lowest BCUT2D eigenvalue weighted by atomic mass is 9.98. The second-order valence-corrected chi connectivity index (χ2v) is 13.2. The summed E-state index contributed by atoms with van der Waals surface area (Å²) in [6.45, 7) is 12.9. The number of nitrogens with zero attached hydrogens (tertiary/aromatic N) is 2. The van der Waals surface area contributed by atoms with Crippen molar-refractivity contribution in [2.75, 3.05) is 34.4 Å². The molecule has 2 atom stereocenters. The van der Waals surface area contributed by atoms with Crippen LogP contribution in [0.5, 0.6) is 0 Å². The van der Waals surface area contributed by atoms with Gasteiger partial charge in [0.15, 0.2) is 0 Å². The van der Waals surface area contributed by atoms with E-state index < -0.39 is 23.7 Å². The fraction of sp³-hybridized carbons (Fsp3) is 0.415. The van der Waals surface area contributed by atoms with Crippen molar-refractivity contribution in [1.29, 1.82) is 0 Å². The number of benzene rings is 1. The molecule has 0 fully saturated rings. The highest BCUT2D eigenvalue weighted by Crippen LogP contribution is 2.20. The Balaban J connectivity index is 1.85. The molecule has 0 aliphatic rings. The van der Waals surface area contributed by atoms with E-state index >= 15 is 0 Å². The summed E-state index contributed by atoms with van der Waals surface area (Å²) in [4.78, 5) is 86.7. The number of pyridine rings is 2. The Labute approximate surface area is 322 Å². The Hall–Kier alpha value is -5.92. The second-order valence-electron chi connectivity index (χ2n) is 13.2. The Morgan fingerprint density at radius 1 is 0.636 bits per heavy atom. The second kappa shape index (κ2) is 22.3. The van der Waals surface area contributed by atoms with Gasteiger partial charge >= 0.3 is 5.97 Å². The first-order valence-corrected chi connectivity index (χ1v) is 18.8. The van der Waals surface area contributed by atoms with Crippen LogP contribution in [-0.4, -0.2) is 58.6 Å². The van der Waals surface area contributed by atoms with Gasteiger partial charge in [-0.2, -0.15) is 0 Å². The molecule has 0 radical (unpaired) electrons. The van der Waals surface area contributed by atoms with Gasteiger partial charge < -0.3 is 31.3 Å². The standard InChI is InChI=1S/C41H53N7O7/c1-7-11-15-27(9-3)37(50)45-32-17-13-19-34(43-32)47-39(52)30-23-29(36(49)42-21-22-55-41(54)26(5)6)24-31(25-30)40(53)48-35-20-14-18-33(44-35)46-38(51)28(10-4)16-12-8-2/h13-14,17-20,23-25,27-28H,5,7-12,15-16,21-22H2,1-4,6H3,(H,42,49)(H2,43,45,47,50,52)(H2,44,46,48,51,53). The van der Waals surface area contributed by atoms with Crippen molar-refractivity contribution in [1.82, 2.24) is 15.3 Å². The van der Waals surface area contributed by atoms with E-state index in [0.717, 1.165) is 38.5 Å². The van der Waals surface area contributed by atoms with Crippen molar-refractivity contribution in [2.24, 2.45) is 11.8 Å². The van der Waals surface area contributed by atoms with Crippen LogP contribution >= 0.6 is 0 Å². The van der Waals surface area contributed by atoms with E-state index in [1.165, 1.54) is 25.1 Å². The zero-order valence-corrected chi connectivity index (χ0v) is 32.4. The SMILES string of the molecule is C=C(C)C(=O)OCCNC(=O)c1cc(C(=O)Nc2cccc(NC(=O)C(CC)CCCC)n2)cc(C(=O)Nc2cccc(NC(=O)C(CC)CCCC)n2)c1. The Kier molecular flexibility index (Phi) is 17.7. The predicted octanol–water partition coefficient (Wildman–Crippen LogP) is 7.14. The summed E-state index contributed by atoms with van der Waals surface area (Å²) >= 11 is 0. The number of esters is 1. The Morgan fingerprint density at radius 2 is 1.04 bits per heavy atom. The van der Waals surface area contributed by atoms with E-state index in [1.54, 1.807) is 36.4 Å². The van der Waals surface area contributed by atoms with Crippen molar-refractivity contribution < 1.29 is 33.5 Å². The summed E-state index contributed by atoms with van der Waals surface area (Å²) in [5.41, 5.74) is 0.0992. The highest BCUT2D eigenvalue weighted by molar-refractivity contribution is 6.11. The zero-order chi connectivity index (χ0) is 40.3. The van der Waals surface area contributed by atoms with Crippen LogP contribution in [0, 0.1) is 11.8 Å². The van der Waals surface area contributed by atoms with Gasteiger partial charge in [-0.25, -0.2) is 14.8 Å². The highest BCUT2D eigenvalue weighted by atomic mass is 16.5. The third-order valence-electron chi connectivity index (χ3n) is 8.71. The smallest absolute Gasteiger partial charge is 0.333 e. The van der Waals surface area contributed by atoms with Crippen molar-refractivity contribution >= 4 is 58.8 Å². The van der Waals surface area contributed by atoms with Gasteiger partial charge in [-0.15, -0.1) is 0 Å². The molecular formula is C41H53N7O7. The minimum Gasteiger partial charge on any atom is -0.460 e. The monoisotopic (exact) mass is 755 g/mol. The van der Waals surface area contributed by atoms with Crippen LogP contribution in [0.4, 0.5) is 23.3 Å². The lowest BCUT2D eigenvalue weighted by molar-refractivity contribution is -0.138. The van der Waals surface area contributed by atoms with Gasteiger partial charge in [0.05, 0.1) is 6.54 Å². The summed E-state index contributed by atoms with van der Waals surface area (Å²) in [6.07, 6.45) is 6.67. The van der Waals surface area contributed by atoms with Crippen LogP contribution in [0.3, 0.4) is 0 Å². The molecule has 0 bridgehead atoms. The van der Waals surface area contributed by atoms with E-state index in [0.29, 0.717) is 12.8 Å². The largest absolute Gasteiger partial charge is 0.460 e. The molecule has 2 heterocycles. The predicted molar refractivity (Wildman–Crippen MR) is 213 cm³/mol. The van der Waals surface area contributed by atoms with Crippen LogP contribution in [-0.2, 0) is 19.1 Å². The molecule has 3 aromatic rings. The van der Waals surface area contributed by atoms with E-state index in [4.69, 9.17) is 4.74 Å². The van der Waals surface area contributed by atoms with Gasteiger partial charge in [0, 0.05) is 34.1 Å². The van der Waals surface area contributed by atoms with E-state index in [2.05, 4.69) is 57.0 Å². The summed E-state index contributed by atoms with van der Waals surface area (Å²) < 4.78 is 5.04. The first-order chi connectivity index (χ1) is 26.4. The molecule has 0 saturated heterocycles. The van der Waals surface area contributed by atoms with Gasteiger partial charge in [0.25, 0.3) is 17.7 Å². The minimum atomic E-state index is -0.680. The molecular weight excluding hydrogens is 702 g/mol. The molecule has 5 N–H and O–H groups in total. The minimum absolute atomic E-state index is 0.0256. The summed E-state index contributed by atoms with van der Waals surface area (Å²) in [5.74, 6) is -2.47. The molecule has 55 heavy (non-hydrogen) atoms. The van der Waals surface area contributed by atoms with Gasteiger partial charge in [0.2, 0.25) is 11.8 Å². The molecule has 0 aliphatic carbocycles. The maximum absolute atomic E-state index is 13.6. The van der Waals surface area contributed by atoms with Crippen LogP contribution < -0.4 is 26.6 Å². The lowest BCUT2D eigenvalue weighted by Crippen LogP contribution is -2.29. The molecule has 0 saturated carbocycles. The number of amides is 5. The van der Waals surface area contributed by atoms with Gasteiger partial charge in [-0.1, -0.05) is 72.1 Å². The van der Waals surface area contributed by atoms with E-state index in [9.17, 15) is 28.8 Å². The van der Waals surface area contributed by atoms with E-state index in [1.807, 2.05) is 13.8 Å². The molecule has 5 amide bonds. The molecule has 0 aliphatic heterocycles. The highest BCUT2D eigenvalue weighted by Gasteiger charge is 2.20. The molecule has 14 nitrogen and oxygen atoms in total. The molecule has 294 valence electrons.